The number of aryl methyl sites for hydroxylation is 1. The van der Waals surface area contributed by atoms with Crippen molar-refractivity contribution in [3.05, 3.63) is 94.0 Å². The van der Waals surface area contributed by atoms with Crippen LogP contribution in [0.25, 0.3) is 5.57 Å². The van der Waals surface area contributed by atoms with E-state index in [4.69, 9.17) is 19.6 Å². The van der Waals surface area contributed by atoms with Gasteiger partial charge in [-0.2, -0.15) is 0 Å². The molecule has 0 bridgehead atoms. The lowest BCUT2D eigenvalue weighted by Crippen LogP contribution is -2.39. The molecule has 0 radical (unpaired) electrons. The number of nitrogens with zero attached hydrogens (tertiary/aromatic N) is 2. The minimum Gasteiger partial charge on any atom is -0.482 e. The van der Waals surface area contributed by atoms with E-state index >= 15 is 0 Å². The Labute approximate surface area is 273 Å². The number of anilines is 1. The number of carbonyl (C=O) groups excluding carboxylic acids is 1. The molecule has 8 heteroatoms. The van der Waals surface area contributed by atoms with E-state index in [0.29, 0.717) is 18.0 Å². The van der Waals surface area contributed by atoms with E-state index in [1.807, 2.05) is 19.1 Å². The Morgan fingerprint density at radius 3 is 2.59 bits per heavy atom. The molecule has 3 aliphatic rings. The van der Waals surface area contributed by atoms with Gasteiger partial charge in [-0.15, -0.1) is 0 Å². The van der Waals surface area contributed by atoms with Crippen molar-refractivity contribution >= 4 is 22.9 Å². The Morgan fingerprint density at radius 2 is 1.87 bits per heavy atom. The van der Waals surface area contributed by atoms with Gasteiger partial charge in [0, 0.05) is 50.1 Å². The molecule has 0 amide bonds. The molecule has 7 nitrogen and oxygen atoms in total. The Bertz CT molecular complexity index is 1490. The van der Waals surface area contributed by atoms with Crippen molar-refractivity contribution in [2.45, 2.75) is 71.4 Å². The van der Waals surface area contributed by atoms with E-state index < -0.39 is 5.97 Å². The molecule has 246 valence electrons. The number of methoxy groups -OCH3 is 2. The summed E-state index contributed by atoms with van der Waals surface area (Å²) < 4.78 is 31.5. The van der Waals surface area contributed by atoms with E-state index in [-0.39, 0.29) is 18.0 Å². The van der Waals surface area contributed by atoms with Crippen LogP contribution in [-0.4, -0.2) is 63.4 Å². The van der Waals surface area contributed by atoms with Crippen LogP contribution in [0.1, 0.15) is 85.3 Å². The Kier molecular flexibility index (Phi) is 11.5. The molecule has 2 aromatic carbocycles. The van der Waals surface area contributed by atoms with E-state index in [0.717, 1.165) is 105 Å². The van der Waals surface area contributed by atoms with Crippen molar-refractivity contribution < 1.29 is 23.4 Å². The van der Waals surface area contributed by atoms with Crippen molar-refractivity contribution in [3.8, 4) is 0 Å². The molecule has 2 atom stereocenters. The van der Waals surface area contributed by atoms with Gasteiger partial charge in [0.25, 0.3) is 0 Å². The Morgan fingerprint density at radius 1 is 1.07 bits per heavy atom. The quantitative estimate of drug-likeness (QED) is 0.124. The normalized spacial score (nSPS) is 21.8. The number of benzene rings is 2. The molecule has 46 heavy (non-hydrogen) atoms. The number of nitrogens with one attached hydrogen (secondary N) is 1. The average Bonchev–Trinajstić information content (AvgIpc) is 3.88. The lowest BCUT2D eigenvalue weighted by molar-refractivity contribution is 0.0600. The average molecular weight is 630 g/mol. The third-order valence-corrected chi connectivity index (χ3v) is 9.10. The maximum atomic E-state index is 14.3. The van der Waals surface area contributed by atoms with E-state index in [1.54, 1.807) is 38.3 Å². The van der Waals surface area contributed by atoms with Crippen LogP contribution in [0, 0.1) is 24.1 Å². The summed E-state index contributed by atoms with van der Waals surface area (Å²) in [7, 11) is 3.12. The molecular formula is C38H48FN3O4. The van der Waals surface area contributed by atoms with Gasteiger partial charge in [-0.3, -0.25) is 4.90 Å². The van der Waals surface area contributed by atoms with Crippen molar-refractivity contribution in [2.75, 3.05) is 45.5 Å². The zero-order valence-electron chi connectivity index (χ0n) is 27.7. The lowest BCUT2D eigenvalue weighted by Gasteiger charge is -2.35. The molecule has 2 heterocycles. The predicted molar refractivity (Wildman–Crippen MR) is 182 cm³/mol. The van der Waals surface area contributed by atoms with Gasteiger partial charge in [0.05, 0.1) is 18.4 Å². The molecule has 5 rings (SSSR count). The van der Waals surface area contributed by atoms with Gasteiger partial charge in [-0.05, 0) is 118 Å². The van der Waals surface area contributed by atoms with Crippen LogP contribution in [-0.2, 0) is 14.2 Å². The van der Waals surface area contributed by atoms with Crippen LogP contribution in [0.15, 0.2) is 66.0 Å². The minimum atomic E-state index is -0.408. The van der Waals surface area contributed by atoms with Crippen molar-refractivity contribution in [2.24, 2.45) is 5.92 Å². The summed E-state index contributed by atoms with van der Waals surface area (Å²) in [6, 6.07) is 10.7. The molecule has 1 N–H and O–H groups in total. The topological polar surface area (TPSA) is 74.9 Å². The van der Waals surface area contributed by atoms with Crippen LogP contribution in [0.3, 0.4) is 0 Å². The first-order valence-corrected chi connectivity index (χ1v) is 16.5. The molecule has 2 unspecified atom stereocenters. The van der Waals surface area contributed by atoms with Crippen LogP contribution < -0.4 is 4.90 Å². The molecular weight excluding hydrogens is 581 g/mol. The third-order valence-electron chi connectivity index (χ3n) is 9.10. The second-order valence-corrected chi connectivity index (χ2v) is 12.8. The van der Waals surface area contributed by atoms with Crippen LogP contribution in [0.2, 0.25) is 0 Å². The number of allylic oxidation sites excluding steroid dienone is 6. The number of halogens is 1. The van der Waals surface area contributed by atoms with Gasteiger partial charge in [-0.25, -0.2) is 9.18 Å². The summed E-state index contributed by atoms with van der Waals surface area (Å²) in [6.07, 6.45) is 14.4. The van der Waals surface area contributed by atoms with Crippen molar-refractivity contribution in [1.82, 2.24) is 4.90 Å². The fourth-order valence-corrected chi connectivity index (χ4v) is 6.51. The van der Waals surface area contributed by atoms with Crippen molar-refractivity contribution in [3.63, 3.8) is 0 Å². The molecule has 1 aliphatic carbocycles. The van der Waals surface area contributed by atoms with Gasteiger partial charge in [-0.1, -0.05) is 23.8 Å². The van der Waals surface area contributed by atoms with Gasteiger partial charge >= 0.3 is 5.97 Å². The summed E-state index contributed by atoms with van der Waals surface area (Å²) in [4.78, 5) is 16.7. The van der Waals surface area contributed by atoms with Crippen LogP contribution >= 0.6 is 0 Å². The second-order valence-electron chi connectivity index (χ2n) is 12.8. The zero-order valence-corrected chi connectivity index (χ0v) is 27.7. The summed E-state index contributed by atoms with van der Waals surface area (Å²) in [5.74, 6) is 0.622. The van der Waals surface area contributed by atoms with Crippen LogP contribution in [0.4, 0.5) is 10.1 Å². The number of esters is 1. The Hall–Kier alpha value is -3.75. The largest absolute Gasteiger partial charge is 0.482 e. The van der Waals surface area contributed by atoms with E-state index in [1.165, 1.54) is 12.7 Å². The maximum absolute atomic E-state index is 14.3. The first-order chi connectivity index (χ1) is 22.2. The van der Waals surface area contributed by atoms with E-state index in [2.05, 4.69) is 28.0 Å². The van der Waals surface area contributed by atoms with Crippen molar-refractivity contribution in [1.29, 1.82) is 5.41 Å². The molecule has 2 fully saturated rings. The number of carbonyl (C=O) groups is 1. The second kappa shape index (κ2) is 15.7. The maximum Gasteiger partial charge on any atom is 0.337 e. The molecule has 0 saturated carbocycles. The monoisotopic (exact) mass is 629 g/mol. The number of hydrogen-bond acceptors (Lipinski definition) is 7. The highest BCUT2D eigenvalue weighted by molar-refractivity contribution is 6.04. The smallest absolute Gasteiger partial charge is 0.337 e. The van der Waals surface area contributed by atoms with Gasteiger partial charge in [0.1, 0.15) is 18.8 Å². The van der Waals surface area contributed by atoms with Gasteiger partial charge < -0.3 is 24.5 Å². The fraction of sp³-hybridized carbons (Fsp3) is 0.474. The summed E-state index contributed by atoms with van der Waals surface area (Å²) in [5.41, 5.74) is 6.77. The Balaban J connectivity index is 1.32. The standard InChI is InChI=1S/C38H48FN3O4/c1-26-18-31(22-33(39)19-26)32-20-29(21-34(23-32)46-25-41-16-17-41)12-11-28-8-5-6-10-37(44-3)42(15-7-9-28)36-14-13-30(38(43)45-4)24-35(36)27(2)40/h11,13-14,18-20,22-24,29,37,40H,5-10,12,15-17,21,25H2,1-4H3. The SMILES string of the molecule is COC(=O)c1ccc(N2CCCC(=CCC3C=C(c4cc(C)cc(F)c4)C=C(OCN4CC4)C3)CCCCC2OC)c(C(C)=N)c1. The third kappa shape index (κ3) is 8.95. The molecule has 0 spiro atoms. The predicted octanol–water partition coefficient (Wildman–Crippen LogP) is 8.04. The van der Waals surface area contributed by atoms with E-state index in [9.17, 15) is 9.18 Å². The molecule has 2 aliphatic heterocycles. The summed E-state index contributed by atoms with van der Waals surface area (Å²) in [6.45, 7) is 7.23. The zero-order chi connectivity index (χ0) is 32.6. The number of rotatable bonds is 10. The summed E-state index contributed by atoms with van der Waals surface area (Å²) >= 11 is 0. The van der Waals surface area contributed by atoms with Gasteiger partial charge in [0.2, 0.25) is 0 Å². The van der Waals surface area contributed by atoms with Gasteiger partial charge in [0.15, 0.2) is 0 Å². The highest BCUT2D eigenvalue weighted by atomic mass is 19.1. The lowest BCUT2D eigenvalue weighted by atomic mass is 9.87. The highest BCUT2D eigenvalue weighted by Crippen LogP contribution is 2.34. The molecule has 0 aromatic heterocycles. The molecule has 2 aromatic rings. The first kappa shape index (κ1) is 33.6. The summed E-state index contributed by atoms with van der Waals surface area (Å²) in [5, 5.41) is 8.46. The fourth-order valence-electron chi connectivity index (χ4n) is 6.51. The first-order valence-electron chi connectivity index (χ1n) is 16.5. The number of ether oxygens (including phenoxy) is 3. The number of hydrogen-bond donors (Lipinski definition) is 1. The van der Waals surface area contributed by atoms with Crippen LogP contribution in [0.5, 0.6) is 0 Å². The highest BCUT2D eigenvalue weighted by Gasteiger charge is 2.25. The molecule has 2 saturated heterocycles. The minimum absolute atomic E-state index is 0.109.